The Kier molecular flexibility index (Phi) is 6.99. The molecule has 3 N–H and O–H groups in total. The maximum absolute atomic E-state index is 9.04. The van der Waals surface area contributed by atoms with Gasteiger partial charge in [0.1, 0.15) is 0 Å². The molecule has 3 nitrogen and oxygen atoms in total. The largest absolute Gasteiger partial charge is 0.393 e. The molecule has 0 aliphatic rings. The first kappa shape index (κ1) is 16.1. The summed E-state index contributed by atoms with van der Waals surface area (Å²) in [5.41, 5.74) is 7.78. The lowest BCUT2D eigenvalue weighted by Crippen LogP contribution is -2.30. The number of hydrogen-bond acceptors (Lipinski definition) is 3. The van der Waals surface area contributed by atoms with Crippen molar-refractivity contribution in [2.75, 3.05) is 13.1 Å². The molecule has 0 amide bonds. The van der Waals surface area contributed by atoms with E-state index in [4.69, 9.17) is 23.1 Å². The summed E-state index contributed by atoms with van der Waals surface area (Å²) >= 11 is 4.95. The van der Waals surface area contributed by atoms with E-state index >= 15 is 0 Å². The fourth-order valence-electron chi connectivity index (χ4n) is 2.03. The smallest absolute Gasteiger partial charge is 0.0740 e. The highest BCUT2D eigenvalue weighted by molar-refractivity contribution is 7.80. The van der Waals surface area contributed by atoms with Crippen LogP contribution in [0, 0.1) is 5.92 Å². The number of nitrogens with zero attached hydrogens (tertiary/aromatic N) is 1. The molecular formula is C15H24N2OS. The first-order valence-corrected chi connectivity index (χ1v) is 7.11. The molecule has 1 aromatic carbocycles. The molecule has 106 valence electrons. The van der Waals surface area contributed by atoms with Crippen molar-refractivity contribution in [3.05, 3.63) is 35.4 Å². The Morgan fingerprint density at radius 3 is 2.32 bits per heavy atom. The van der Waals surface area contributed by atoms with E-state index in [9.17, 15) is 0 Å². The highest BCUT2D eigenvalue weighted by atomic mass is 32.1. The minimum absolute atomic E-state index is 0.0947. The lowest BCUT2D eigenvalue weighted by atomic mass is 10.1. The first-order chi connectivity index (χ1) is 9.01. The number of benzene rings is 1. The van der Waals surface area contributed by atoms with Crippen molar-refractivity contribution >= 4 is 17.2 Å². The Labute approximate surface area is 121 Å². The van der Waals surface area contributed by atoms with Gasteiger partial charge in [-0.3, -0.25) is 4.90 Å². The van der Waals surface area contributed by atoms with Crippen molar-refractivity contribution in [3.63, 3.8) is 0 Å². The Morgan fingerprint density at radius 1 is 1.26 bits per heavy atom. The summed E-state index contributed by atoms with van der Waals surface area (Å²) in [5, 5.41) is 9.04. The molecular weight excluding hydrogens is 256 g/mol. The molecule has 0 spiro atoms. The van der Waals surface area contributed by atoms with Crippen LogP contribution in [0.5, 0.6) is 0 Å². The van der Waals surface area contributed by atoms with Crippen molar-refractivity contribution in [1.29, 1.82) is 0 Å². The van der Waals surface area contributed by atoms with E-state index in [1.807, 2.05) is 12.1 Å². The molecule has 0 bridgehead atoms. The molecule has 0 atom stereocenters. The van der Waals surface area contributed by atoms with Crippen LogP contribution < -0.4 is 5.73 Å². The molecule has 0 fully saturated rings. The second-order valence-corrected chi connectivity index (χ2v) is 5.84. The molecule has 0 saturated carbocycles. The van der Waals surface area contributed by atoms with Gasteiger partial charge in [0.15, 0.2) is 0 Å². The van der Waals surface area contributed by atoms with Gasteiger partial charge in [0.25, 0.3) is 0 Å². The van der Waals surface area contributed by atoms with E-state index < -0.39 is 0 Å². The molecule has 0 unspecified atom stereocenters. The lowest BCUT2D eigenvalue weighted by molar-refractivity contribution is 0.242. The van der Waals surface area contributed by atoms with E-state index in [-0.39, 0.29) is 6.61 Å². The van der Waals surface area contributed by atoms with Crippen LogP contribution in [0.15, 0.2) is 24.3 Å². The predicted octanol–water partition coefficient (Wildman–Crippen LogP) is 2.31. The SMILES string of the molecule is CC(C)CN(CCC(N)=S)Cc1ccc(CO)cc1. The lowest BCUT2D eigenvalue weighted by Gasteiger charge is -2.24. The highest BCUT2D eigenvalue weighted by Crippen LogP contribution is 2.10. The first-order valence-electron chi connectivity index (χ1n) is 6.70. The van der Waals surface area contributed by atoms with Crippen LogP contribution in [0.3, 0.4) is 0 Å². The van der Waals surface area contributed by atoms with Crippen molar-refractivity contribution in [2.45, 2.75) is 33.4 Å². The Hall–Kier alpha value is -0.970. The van der Waals surface area contributed by atoms with Crippen LogP contribution >= 0.6 is 12.2 Å². The van der Waals surface area contributed by atoms with Gasteiger partial charge in [0.2, 0.25) is 0 Å². The Balaban J connectivity index is 2.60. The van der Waals surface area contributed by atoms with Gasteiger partial charge in [0, 0.05) is 26.1 Å². The van der Waals surface area contributed by atoms with Gasteiger partial charge in [-0.2, -0.15) is 0 Å². The zero-order chi connectivity index (χ0) is 14.3. The van der Waals surface area contributed by atoms with E-state index in [2.05, 4.69) is 30.9 Å². The number of rotatable bonds is 8. The van der Waals surface area contributed by atoms with E-state index in [1.54, 1.807) is 0 Å². The van der Waals surface area contributed by atoms with Crippen LogP contribution in [-0.2, 0) is 13.2 Å². The van der Waals surface area contributed by atoms with Gasteiger partial charge < -0.3 is 10.8 Å². The van der Waals surface area contributed by atoms with Crippen molar-refractivity contribution in [1.82, 2.24) is 4.90 Å². The van der Waals surface area contributed by atoms with Crippen LogP contribution in [0.25, 0.3) is 0 Å². The number of hydrogen-bond donors (Lipinski definition) is 2. The van der Waals surface area contributed by atoms with Gasteiger partial charge in [0.05, 0.1) is 11.6 Å². The average molecular weight is 280 g/mol. The van der Waals surface area contributed by atoms with Gasteiger partial charge in [-0.25, -0.2) is 0 Å². The number of thiocarbonyl (C=S) groups is 1. The van der Waals surface area contributed by atoms with Crippen LogP contribution in [0.4, 0.5) is 0 Å². The molecule has 0 aromatic heterocycles. The van der Waals surface area contributed by atoms with Crippen LogP contribution in [-0.4, -0.2) is 28.1 Å². The van der Waals surface area contributed by atoms with Crippen molar-refractivity contribution in [2.24, 2.45) is 11.7 Å². The zero-order valence-electron chi connectivity index (χ0n) is 11.8. The number of aliphatic hydroxyl groups excluding tert-OH is 1. The number of aliphatic hydroxyl groups is 1. The van der Waals surface area contributed by atoms with Gasteiger partial charge >= 0.3 is 0 Å². The fourth-order valence-corrected chi connectivity index (χ4v) is 2.12. The summed E-state index contributed by atoms with van der Waals surface area (Å²) < 4.78 is 0. The third-order valence-corrected chi connectivity index (χ3v) is 3.11. The van der Waals surface area contributed by atoms with Crippen molar-refractivity contribution in [3.8, 4) is 0 Å². The molecule has 0 aliphatic heterocycles. The molecule has 4 heteroatoms. The summed E-state index contributed by atoms with van der Waals surface area (Å²) in [7, 11) is 0. The summed E-state index contributed by atoms with van der Waals surface area (Å²) in [6, 6.07) is 8.08. The second-order valence-electron chi connectivity index (χ2n) is 5.32. The summed E-state index contributed by atoms with van der Waals surface area (Å²) in [6.45, 7) is 7.34. The zero-order valence-corrected chi connectivity index (χ0v) is 12.6. The van der Waals surface area contributed by atoms with Gasteiger partial charge in [-0.1, -0.05) is 50.3 Å². The minimum atomic E-state index is 0.0947. The molecule has 0 saturated heterocycles. The monoisotopic (exact) mass is 280 g/mol. The molecule has 0 heterocycles. The second kappa shape index (κ2) is 8.25. The third-order valence-electron chi connectivity index (χ3n) is 2.91. The predicted molar refractivity (Wildman–Crippen MR) is 83.9 cm³/mol. The van der Waals surface area contributed by atoms with Gasteiger partial charge in [-0.15, -0.1) is 0 Å². The Morgan fingerprint density at radius 2 is 1.84 bits per heavy atom. The Bertz CT molecular complexity index is 390. The highest BCUT2D eigenvalue weighted by Gasteiger charge is 2.08. The summed E-state index contributed by atoms with van der Waals surface area (Å²) in [5.74, 6) is 0.614. The maximum atomic E-state index is 9.04. The summed E-state index contributed by atoms with van der Waals surface area (Å²) in [6.07, 6.45) is 0.761. The van der Waals surface area contributed by atoms with Crippen LogP contribution in [0.1, 0.15) is 31.4 Å². The van der Waals surface area contributed by atoms with Gasteiger partial charge in [-0.05, 0) is 17.0 Å². The van der Waals surface area contributed by atoms with E-state index in [0.29, 0.717) is 10.9 Å². The maximum Gasteiger partial charge on any atom is 0.0740 e. The summed E-state index contributed by atoms with van der Waals surface area (Å²) in [4.78, 5) is 2.95. The topological polar surface area (TPSA) is 49.5 Å². The average Bonchev–Trinajstić information content (AvgIpc) is 2.36. The molecule has 19 heavy (non-hydrogen) atoms. The molecule has 1 rings (SSSR count). The van der Waals surface area contributed by atoms with Crippen molar-refractivity contribution < 1.29 is 5.11 Å². The normalized spacial score (nSPS) is 11.2. The van der Waals surface area contributed by atoms with Crippen LogP contribution in [0.2, 0.25) is 0 Å². The standard InChI is InChI=1S/C15H24N2OS/c1-12(2)9-17(8-7-15(16)19)10-13-3-5-14(11-18)6-4-13/h3-6,12,18H,7-11H2,1-2H3,(H2,16,19). The quantitative estimate of drug-likeness (QED) is 0.718. The molecule has 0 aliphatic carbocycles. The minimum Gasteiger partial charge on any atom is -0.393 e. The van der Waals surface area contributed by atoms with E-state index in [0.717, 1.165) is 31.6 Å². The van der Waals surface area contributed by atoms with E-state index in [1.165, 1.54) is 5.56 Å². The molecule has 1 aromatic rings. The fraction of sp³-hybridized carbons (Fsp3) is 0.533. The molecule has 0 radical (unpaired) electrons. The third kappa shape index (κ3) is 6.66. The number of nitrogens with two attached hydrogens (primary N) is 1.